The van der Waals surface area contributed by atoms with Crippen LogP contribution < -0.4 is 0 Å². The molecule has 4 aliphatic rings. The third kappa shape index (κ3) is 2.93. The Morgan fingerprint density at radius 1 is 1.22 bits per heavy atom. The van der Waals surface area contributed by atoms with Crippen LogP contribution in [0.2, 0.25) is 0 Å². The quantitative estimate of drug-likeness (QED) is 0.714. The normalized spacial score (nSPS) is 43.7. The van der Waals surface area contributed by atoms with Gasteiger partial charge in [-0.15, -0.1) is 0 Å². The van der Waals surface area contributed by atoms with E-state index >= 15 is 0 Å². The summed E-state index contributed by atoms with van der Waals surface area (Å²) < 4.78 is 39.0. The average molecular weight is 398 g/mol. The van der Waals surface area contributed by atoms with Crippen molar-refractivity contribution in [1.82, 2.24) is 0 Å². The summed E-state index contributed by atoms with van der Waals surface area (Å²) in [5.41, 5.74) is 0.832. The first-order chi connectivity index (χ1) is 12.5. The lowest BCUT2D eigenvalue weighted by molar-refractivity contribution is -0.148. The van der Waals surface area contributed by atoms with Gasteiger partial charge in [0.1, 0.15) is 5.76 Å². The topological polar surface area (TPSA) is 80.7 Å². The van der Waals surface area contributed by atoms with Gasteiger partial charge in [0.25, 0.3) is 0 Å². The highest BCUT2D eigenvalue weighted by molar-refractivity contribution is 7.81. The van der Waals surface area contributed by atoms with Gasteiger partial charge in [0.15, 0.2) is 0 Å². The molecule has 0 aliphatic heterocycles. The van der Waals surface area contributed by atoms with Crippen LogP contribution in [0.25, 0.3) is 0 Å². The minimum atomic E-state index is -4.99. The molecule has 4 aliphatic carbocycles. The lowest BCUT2D eigenvalue weighted by Crippen LogP contribution is -2.50. The lowest BCUT2D eigenvalue weighted by Gasteiger charge is -2.56. The molecule has 0 heterocycles. The van der Waals surface area contributed by atoms with Crippen molar-refractivity contribution in [2.75, 3.05) is 0 Å². The summed E-state index contributed by atoms with van der Waals surface area (Å²) in [6, 6.07) is 0. The second-order valence-electron chi connectivity index (χ2n) is 9.29. The van der Waals surface area contributed by atoms with Crippen LogP contribution in [0.3, 0.4) is 0 Å². The van der Waals surface area contributed by atoms with Gasteiger partial charge in [0.05, 0.1) is 5.92 Å². The van der Waals surface area contributed by atoms with Crippen LogP contribution in [0, 0.1) is 34.5 Å². The van der Waals surface area contributed by atoms with Crippen molar-refractivity contribution >= 4 is 16.5 Å². The molecule has 27 heavy (non-hydrogen) atoms. The van der Waals surface area contributed by atoms with E-state index in [1.807, 2.05) is 0 Å². The highest BCUT2D eigenvalue weighted by atomic mass is 32.3. The Balaban J connectivity index is 1.64. The molecule has 4 rings (SSSR count). The molecule has 5 nitrogen and oxygen atoms in total. The van der Waals surface area contributed by atoms with Gasteiger partial charge in [0, 0.05) is 6.42 Å². The number of hydrogen-bond acceptors (Lipinski definition) is 4. The molecule has 6 atom stereocenters. The molecule has 0 aromatic carbocycles. The summed E-state index contributed by atoms with van der Waals surface area (Å²) in [6.45, 7) is 4.39. The molecule has 0 radical (unpaired) electrons. The number of carboxylic acid groups (broad SMARTS) is 1. The van der Waals surface area contributed by atoms with E-state index in [1.165, 1.54) is 0 Å². The van der Waals surface area contributed by atoms with Crippen molar-refractivity contribution in [3.63, 3.8) is 0 Å². The molecule has 0 bridgehead atoms. The zero-order valence-electron chi connectivity index (χ0n) is 15.8. The molecular formula is C20H27FO5S. The van der Waals surface area contributed by atoms with Gasteiger partial charge < -0.3 is 9.29 Å². The van der Waals surface area contributed by atoms with E-state index in [9.17, 15) is 22.2 Å². The minimum absolute atomic E-state index is 0.0848. The maximum absolute atomic E-state index is 12.9. The first-order valence-electron chi connectivity index (χ1n) is 9.83. The first kappa shape index (κ1) is 19.0. The van der Waals surface area contributed by atoms with Crippen molar-refractivity contribution in [2.24, 2.45) is 34.5 Å². The Morgan fingerprint density at radius 3 is 2.63 bits per heavy atom. The van der Waals surface area contributed by atoms with Gasteiger partial charge in [-0.1, -0.05) is 23.8 Å². The Hall–Kier alpha value is -1.37. The smallest absolute Gasteiger partial charge is 0.481 e. The van der Waals surface area contributed by atoms with Gasteiger partial charge in [-0.25, -0.2) is 0 Å². The Kier molecular flexibility index (Phi) is 4.26. The van der Waals surface area contributed by atoms with E-state index in [2.05, 4.69) is 24.1 Å². The predicted octanol–water partition coefficient (Wildman–Crippen LogP) is 4.37. The standard InChI is InChI=1S/C20H27FO5S/c1-19-9-7-13(26-27(21,24)25)11-12(19)3-4-14-15-5-6-17(18(22)23)20(15,2)10-8-16(14)19/h3,11,14-17H,4-10H2,1-2H3,(H,22,23)/t14-,15-,16-,17+,19-,20-/m0/s1. The summed E-state index contributed by atoms with van der Waals surface area (Å²) in [5, 5.41) is 9.66. The second kappa shape index (κ2) is 6.06. The minimum Gasteiger partial charge on any atom is -0.481 e. The van der Waals surface area contributed by atoms with Crippen LogP contribution in [0.1, 0.15) is 58.8 Å². The van der Waals surface area contributed by atoms with E-state index in [1.54, 1.807) is 6.08 Å². The summed E-state index contributed by atoms with van der Waals surface area (Å²) in [6.07, 6.45) is 9.50. The van der Waals surface area contributed by atoms with Gasteiger partial charge in [0.2, 0.25) is 0 Å². The molecule has 150 valence electrons. The molecule has 0 unspecified atom stereocenters. The summed E-state index contributed by atoms with van der Waals surface area (Å²) in [4.78, 5) is 11.7. The van der Waals surface area contributed by atoms with Crippen LogP contribution in [0.4, 0.5) is 3.89 Å². The number of halogens is 1. The molecule has 2 fully saturated rings. The average Bonchev–Trinajstić information content (AvgIpc) is 2.91. The lowest BCUT2D eigenvalue weighted by atomic mass is 9.48. The monoisotopic (exact) mass is 398 g/mol. The fraction of sp³-hybridized carbons (Fsp3) is 0.750. The molecule has 0 spiro atoms. The molecule has 0 saturated heterocycles. The number of carbonyl (C=O) groups is 1. The van der Waals surface area contributed by atoms with Crippen molar-refractivity contribution in [1.29, 1.82) is 0 Å². The van der Waals surface area contributed by atoms with Crippen molar-refractivity contribution in [3.8, 4) is 0 Å². The van der Waals surface area contributed by atoms with E-state index in [4.69, 9.17) is 0 Å². The highest BCUT2D eigenvalue weighted by Gasteiger charge is 2.59. The summed E-state index contributed by atoms with van der Waals surface area (Å²) in [7, 11) is -4.99. The largest absolute Gasteiger partial charge is 0.488 e. The van der Waals surface area contributed by atoms with Crippen molar-refractivity contribution in [2.45, 2.75) is 58.8 Å². The third-order valence-corrected chi connectivity index (χ3v) is 8.65. The zero-order chi connectivity index (χ0) is 19.6. The molecule has 0 amide bonds. The van der Waals surface area contributed by atoms with Gasteiger partial charge in [-0.3, -0.25) is 4.79 Å². The predicted molar refractivity (Wildman–Crippen MR) is 97.4 cm³/mol. The number of rotatable bonds is 3. The Labute approximate surface area is 160 Å². The van der Waals surface area contributed by atoms with E-state index < -0.39 is 16.5 Å². The fourth-order valence-corrected chi connectivity index (χ4v) is 7.29. The van der Waals surface area contributed by atoms with Crippen LogP contribution in [-0.4, -0.2) is 19.5 Å². The van der Waals surface area contributed by atoms with Crippen LogP contribution >= 0.6 is 0 Å². The molecule has 7 heteroatoms. The maximum Gasteiger partial charge on any atom is 0.488 e. The van der Waals surface area contributed by atoms with Crippen LogP contribution in [0.15, 0.2) is 23.5 Å². The number of allylic oxidation sites excluding steroid dienone is 4. The third-order valence-electron chi connectivity index (χ3n) is 8.24. The first-order valence-corrected chi connectivity index (χ1v) is 11.1. The van der Waals surface area contributed by atoms with Gasteiger partial charge in [-0.05, 0) is 78.8 Å². The van der Waals surface area contributed by atoms with Crippen LogP contribution in [0.5, 0.6) is 0 Å². The Morgan fingerprint density at radius 2 is 1.96 bits per heavy atom. The van der Waals surface area contributed by atoms with E-state index in [0.29, 0.717) is 24.2 Å². The summed E-state index contributed by atoms with van der Waals surface area (Å²) >= 11 is 0. The van der Waals surface area contributed by atoms with Gasteiger partial charge in [-0.2, -0.15) is 8.42 Å². The van der Waals surface area contributed by atoms with Crippen molar-refractivity contribution in [3.05, 3.63) is 23.5 Å². The number of hydrogen-bond donors (Lipinski definition) is 1. The molecule has 1 N–H and O–H groups in total. The number of fused-ring (bicyclic) bond motifs is 5. The Bertz CT molecular complexity index is 831. The molecule has 2 saturated carbocycles. The number of aliphatic carboxylic acids is 1. The highest BCUT2D eigenvalue weighted by Crippen LogP contribution is 2.66. The maximum atomic E-state index is 12.9. The van der Waals surface area contributed by atoms with E-state index in [-0.39, 0.29) is 22.5 Å². The molecular weight excluding hydrogens is 371 g/mol. The second-order valence-corrected chi connectivity index (χ2v) is 10.2. The molecule has 0 aromatic heterocycles. The number of carboxylic acids is 1. The SMILES string of the molecule is C[C@]12CC[C@H]3[C@@H](CC=C4C=C(OS(=O)(=O)F)CC[C@@]43C)[C@@H]1CC[C@@H]2C(=O)O. The zero-order valence-corrected chi connectivity index (χ0v) is 16.6. The molecule has 0 aromatic rings. The summed E-state index contributed by atoms with van der Waals surface area (Å²) in [5.74, 6) is 0.589. The fourth-order valence-electron chi connectivity index (χ4n) is 6.90. The van der Waals surface area contributed by atoms with Gasteiger partial charge >= 0.3 is 16.5 Å². The van der Waals surface area contributed by atoms with Crippen molar-refractivity contribution < 1.29 is 26.4 Å². The van der Waals surface area contributed by atoms with Crippen LogP contribution in [-0.2, 0) is 19.5 Å². The van der Waals surface area contributed by atoms with E-state index in [0.717, 1.165) is 44.1 Å².